The summed E-state index contributed by atoms with van der Waals surface area (Å²) in [5.74, 6) is 2.78. The number of aromatic nitrogens is 2. The van der Waals surface area contributed by atoms with Crippen LogP contribution in [0.3, 0.4) is 0 Å². The minimum atomic E-state index is 0. The van der Waals surface area contributed by atoms with Gasteiger partial charge in [0.15, 0.2) is 0 Å². The van der Waals surface area contributed by atoms with Crippen LogP contribution in [0.15, 0.2) is 60.7 Å². The van der Waals surface area contributed by atoms with E-state index in [-0.39, 0.29) is 40.7 Å². The molecule has 0 amide bonds. The number of hydrogen-bond acceptors (Lipinski definition) is 2. The van der Waals surface area contributed by atoms with E-state index >= 15 is 0 Å². The molecule has 0 saturated heterocycles. The van der Waals surface area contributed by atoms with E-state index in [0.717, 1.165) is 36.1 Å². The van der Waals surface area contributed by atoms with Gasteiger partial charge in [-0.2, -0.15) is 0 Å². The second-order valence-electron chi connectivity index (χ2n) is 11.8. The van der Waals surface area contributed by atoms with Crippen LogP contribution in [0.1, 0.15) is 61.1 Å². The average molecular weight is 743 g/mol. The monoisotopic (exact) mass is 744 g/mol. The fourth-order valence-corrected chi connectivity index (χ4v) is 5.02. The molecule has 4 nitrogen and oxygen atoms in total. The molecule has 0 aliphatic heterocycles. The maximum absolute atomic E-state index is 4.70. The van der Waals surface area contributed by atoms with Crippen molar-refractivity contribution in [2.75, 3.05) is 13.1 Å². The quantitative estimate of drug-likeness (QED) is 0.133. The van der Waals surface area contributed by atoms with Crippen LogP contribution in [0, 0.1) is 68.2 Å². The van der Waals surface area contributed by atoms with Crippen molar-refractivity contribution in [1.82, 2.24) is 9.97 Å². The molecule has 2 aromatic carbocycles. The predicted octanol–water partition coefficient (Wildman–Crippen LogP) is 11.6. The molecule has 2 aromatic heterocycles. The van der Waals surface area contributed by atoms with Crippen molar-refractivity contribution in [2.24, 2.45) is 11.8 Å². The Morgan fingerprint density at radius 1 is 0.535 bits per heavy atom. The van der Waals surface area contributed by atoms with E-state index in [9.17, 15) is 0 Å². The van der Waals surface area contributed by atoms with Crippen molar-refractivity contribution in [3.63, 3.8) is 0 Å². The summed E-state index contributed by atoms with van der Waals surface area (Å²) in [4.78, 5) is 9.40. The summed E-state index contributed by atoms with van der Waals surface area (Å²) in [5.41, 5.74) is 12.2. The van der Waals surface area contributed by atoms with Crippen LogP contribution in [0.4, 0.5) is 11.6 Å². The number of pyridine rings is 2. The van der Waals surface area contributed by atoms with Crippen LogP contribution < -0.4 is 0 Å². The van der Waals surface area contributed by atoms with E-state index in [1.807, 2.05) is 24.3 Å². The van der Waals surface area contributed by atoms with Crippen molar-refractivity contribution in [3.8, 4) is 22.5 Å². The van der Waals surface area contributed by atoms with Gasteiger partial charge in [-0.05, 0) is 111 Å². The van der Waals surface area contributed by atoms with E-state index in [1.54, 1.807) is 0 Å². The van der Waals surface area contributed by atoms with Crippen molar-refractivity contribution in [3.05, 3.63) is 120 Å². The van der Waals surface area contributed by atoms with Crippen molar-refractivity contribution in [1.29, 1.82) is 0 Å². The number of hydrogen-bond donors (Lipinski definition) is 0. The minimum absolute atomic E-state index is 0. The van der Waals surface area contributed by atoms with E-state index < -0.39 is 0 Å². The summed E-state index contributed by atoms with van der Waals surface area (Å²) in [6, 6.07) is 21.0. The first-order valence-corrected chi connectivity index (χ1v) is 14.4. The first-order chi connectivity index (χ1) is 18.9. The summed E-state index contributed by atoms with van der Waals surface area (Å²) in [5, 5.41) is 9.12. The van der Waals surface area contributed by atoms with Gasteiger partial charge in [-0.3, -0.25) is 0 Å². The van der Waals surface area contributed by atoms with Gasteiger partial charge in [0.2, 0.25) is 0 Å². The molecule has 0 atom stereocenters. The van der Waals surface area contributed by atoms with Crippen molar-refractivity contribution in [2.45, 2.75) is 69.2 Å². The van der Waals surface area contributed by atoms with Crippen LogP contribution in [0.5, 0.6) is 0 Å². The molecule has 0 spiro atoms. The largest absolute Gasteiger partial charge is 0.465 e. The summed E-state index contributed by atoms with van der Waals surface area (Å²) in [6.45, 7) is 23.2. The molecular weight excluding hydrogens is 691 g/mol. The number of rotatable bonds is 8. The molecule has 0 N–H and O–H groups in total. The van der Waals surface area contributed by atoms with Gasteiger partial charge in [-0.25, -0.2) is 0 Å². The smallest absolute Gasteiger partial charge is 0 e. The SMILES string of the molecule is Cc1cc(C)c(-c2cccc([N-]CC(C)C)n2)c(C)c1.Cc1cc(C)c(-c2cccc([N-]CC(C)C)n2)c(C)c1.[CH3-].[CH3-].[Hf]. The van der Waals surface area contributed by atoms with E-state index in [2.05, 4.69) is 116 Å². The van der Waals surface area contributed by atoms with Gasteiger partial charge in [-0.1, -0.05) is 111 Å². The van der Waals surface area contributed by atoms with E-state index in [1.165, 1.54) is 44.5 Å². The second-order valence-corrected chi connectivity index (χ2v) is 11.8. The molecule has 4 rings (SSSR count). The van der Waals surface area contributed by atoms with Gasteiger partial charge >= 0.3 is 0 Å². The number of benzene rings is 2. The van der Waals surface area contributed by atoms with E-state index in [0.29, 0.717) is 11.8 Å². The zero-order valence-corrected chi connectivity index (χ0v) is 32.2. The fraction of sp³-hybridized carbons (Fsp3) is 0.368. The molecule has 232 valence electrons. The van der Waals surface area contributed by atoms with Gasteiger partial charge in [0.05, 0.1) is 0 Å². The van der Waals surface area contributed by atoms with Crippen LogP contribution >= 0.6 is 0 Å². The van der Waals surface area contributed by atoms with Gasteiger partial charge in [0.1, 0.15) is 0 Å². The Morgan fingerprint density at radius 3 is 1.12 bits per heavy atom. The second kappa shape index (κ2) is 18.8. The molecule has 43 heavy (non-hydrogen) atoms. The molecule has 2 heterocycles. The molecular formula is C38H52HfN4-4. The van der Waals surface area contributed by atoms with Crippen molar-refractivity contribution < 1.29 is 25.8 Å². The zero-order valence-electron chi connectivity index (χ0n) is 28.6. The predicted molar refractivity (Wildman–Crippen MR) is 186 cm³/mol. The normalized spacial score (nSPS) is 10.1. The molecule has 0 fully saturated rings. The zero-order chi connectivity index (χ0) is 29.4. The molecule has 0 unspecified atom stereocenters. The molecule has 0 radical (unpaired) electrons. The van der Waals surface area contributed by atoms with Crippen LogP contribution in [-0.4, -0.2) is 23.1 Å². The Labute approximate surface area is 282 Å². The summed E-state index contributed by atoms with van der Waals surface area (Å²) in [6.07, 6.45) is 0. The van der Waals surface area contributed by atoms with Crippen LogP contribution in [-0.2, 0) is 25.8 Å². The number of nitrogens with zero attached hydrogens (tertiary/aromatic N) is 4. The van der Waals surface area contributed by atoms with Gasteiger partial charge in [0, 0.05) is 25.8 Å². The van der Waals surface area contributed by atoms with Crippen LogP contribution in [0.25, 0.3) is 33.1 Å². The molecule has 0 aliphatic rings. The Kier molecular flexibility index (Phi) is 17.6. The molecule has 0 bridgehead atoms. The topological polar surface area (TPSA) is 54.0 Å². The van der Waals surface area contributed by atoms with E-state index in [4.69, 9.17) is 9.97 Å². The first kappa shape index (κ1) is 40.2. The summed E-state index contributed by atoms with van der Waals surface area (Å²) < 4.78 is 0. The third-order valence-electron chi connectivity index (χ3n) is 6.57. The third kappa shape index (κ3) is 12.0. The van der Waals surface area contributed by atoms with Gasteiger partial charge in [0.25, 0.3) is 0 Å². The average Bonchev–Trinajstić information content (AvgIpc) is 2.86. The molecule has 0 saturated carbocycles. The number of aryl methyl sites for hydroxylation is 6. The first-order valence-electron chi connectivity index (χ1n) is 14.4. The fourth-order valence-electron chi connectivity index (χ4n) is 5.02. The Morgan fingerprint density at radius 2 is 0.837 bits per heavy atom. The van der Waals surface area contributed by atoms with Gasteiger partial charge < -0.3 is 35.5 Å². The minimum Gasteiger partial charge on any atom is -0.465 e. The molecule has 4 aromatic rings. The Balaban J connectivity index is 0.000000767. The molecule has 5 heteroatoms. The third-order valence-corrected chi connectivity index (χ3v) is 6.57. The van der Waals surface area contributed by atoms with Crippen molar-refractivity contribution >= 4 is 11.6 Å². The Hall–Kier alpha value is -2.79. The molecule has 0 aliphatic carbocycles. The Bertz CT molecular complexity index is 1270. The standard InChI is InChI=1S/2C18H23N2.2CH3.Hf/c2*1-12(2)11-19-17-8-6-7-16(20-17)18-14(4)9-13(3)10-15(18)5;;;/h2*6-10,12H,11H2,1-5H3;2*1H3;/q4*-1;. The maximum Gasteiger partial charge on any atom is 0 e. The maximum atomic E-state index is 4.70. The summed E-state index contributed by atoms with van der Waals surface area (Å²) >= 11 is 0. The van der Waals surface area contributed by atoms with Crippen LogP contribution in [0.2, 0.25) is 0 Å². The summed E-state index contributed by atoms with van der Waals surface area (Å²) in [7, 11) is 0. The van der Waals surface area contributed by atoms with Gasteiger partial charge in [-0.15, -0.1) is 0 Å².